The van der Waals surface area contributed by atoms with Crippen LogP contribution in [-0.2, 0) is 19.1 Å². The fourth-order valence-corrected chi connectivity index (χ4v) is 3.18. The molecule has 0 fully saturated rings. The number of fused-ring (bicyclic) bond motifs is 1. The van der Waals surface area contributed by atoms with Crippen LogP contribution in [0.5, 0.6) is 0 Å². The number of halogens is 3. The zero-order chi connectivity index (χ0) is 19.6. The van der Waals surface area contributed by atoms with E-state index in [0.717, 1.165) is 30.3 Å². The molecule has 0 saturated heterocycles. The maximum atomic E-state index is 12.5. The first kappa shape index (κ1) is 18.2. The number of pyridine rings is 2. The number of nitrogens with zero attached hydrogens (tertiary/aromatic N) is 3. The molecule has 8 heteroatoms. The fraction of sp³-hybridized carbons (Fsp3) is 0.250. The Morgan fingerprint density at radius 1 is 1.07 bits per heavy atom. The molecule has 0 amide bonds. The van der Waals surface area contributed by atoms with E-state index >= 15 is 0 Å². The van der Waals surface area contributed by atoms with Gasteiger partial charge in [0.25, 0.3) is 0 Å². The van der Waals surface area contributed by atoms with E-state index in [0.29, 0.717) is 23.8 Å². The first-order chi connectivity index (χ1) is 13.5. The van der Waals surface area contributed by atoms with E-state index in [1.54, 1.807) is 6.20 Å². The zero-order valence-electron chi connectivity index (χ0n) is 14.9. The third kappa shape index (κ3) is 4.05. The molecule has 0 radical (unpaired) electrons. The quantitative estimate of drug-likeness (QED) is 0.815. The van der Waals surface area contributed by atoms with Crippen LogP contribution in [0, 0.1) is 5.92 Å². The molecule has 5 nitrogen and oxygen atoms in total. The second-order valence-electron chi connectivity index (χ2n) is 6.68. The Bertz CT molecular complexity index is 928. The highest BCUT2D eigenvalue weighted by molar-refractivity contribution is 5.91. The van der Waals surface area contributed by atoms with Gasteiger partial charge in [0.15, 0.2) is 0 Å². The molecule has 4 rings (SSSR count). The van der Waals surface area contributed by atoms with E-state index in [4.69, 9.17) is 0 Å². The average molecular weight is 385 g/mol. The van der Waals surface area contributed by atoms with E-state index in [-0.39, 0.29) is 0 Å². The van der Waals surface area contributed by atoms with Crippen molar-refractivity contribution in [3.8, 4) is 0 Å². The second kappa shape index (κ2) is 7.46. The highest BCUT2D eigenvalue weighted by Gasteiger charge is 2.32. The first-order valence-electron chi connectivity index (χ1n) is 8.88. The number of aliphatic imine (C=N–C) groups is 1. The molecule has 2 aliphatic rings. The number of nitrogens with one attached hydrogen (secondary N) is 2. The molecule has 0 spiro atoms. The predicted octanol–water partition coefficient (Wildman–Crippen LogP) is 4.07. The van der Waals surface area contributed by atoms with Crippen LogP contribution in [0.2, 0.25) is 0 Å². The van der Waals surface area contributed by atoms with Crippen LogP contribution in [0.4, 0.5) is 19.0 Å². The Hall–Kier alpha value is -3.16. The van der Waals surface area contributed by atoms with Crippen molar-refractivity contribution in [1.29, 1.82) is 0 Å². The largest absolute Gasteiger partial charge is 0.433 e. The number of alkyl halides is 3. The maximum Gasteiger partial charge on any atom is 0.433 e. The van der Waals surface area contributed by atoms with Crippen molar-refractivity contribution < 1.29 is 13.2 Å². The van der Waals surface area contributed by atoms with Crippen LogP contribution in [0.25, 0.3) is 0 Å². The number of hydrogen-bond donors (Lipinski definition) is 2. The van der Waals surface area contributed by atoms with Gasteiger partial charge in [0, 0.05) is 31.1 Å². The lowest BCUT2D eigenvalue weighted by Gasteiger charge is -2.19. The van der Waals surface area contributed by atoms with Crippen molar-refractivity contribution in [2.75, 3.05) is 5.32 Å². The second-order valence-corrected chi connectivity index (χ2v) is 6.68. The van der Waals surface area contributed by atoms with E-state index < -0.39 is 11.9 Å². The molecular formula is C20H18F3N5. The van der Waals surface area contributed by atoms with Gasteiger partial charge in [-0.25, -0.2) is 9.98 Å². The highest BCUT2D eigenvalue weighted by Crippen LogP contribution is 2.28. The van der Waals surface area contributed by atoms with Crippen molar-refractivity contribution in [2.24, 2.45) is 10.9 Å². The molecule has 2 N–H and O–H groups in total. The van der Waals surface area contributed by atoms with Gasteiger partial charge in [0.05, 0.1) is 0 Å². The smallest absolute Gasteiger partial charge is 0.366 e. The SMILES string of the molecule is FC(F)(F)c1ccc(CNc2ccc(CC3=CN=C4NC=CCC34)cn2)cn1. The van der Waals surface area contributed by atoms with Crippen LogP contribution in [0.15, 0.2) is 65.7 Å². The molecular weight excluding hydrogens is 367 g/mol. The molecule has 1 unspecified atom stereocenters. The molecule has 4 heterocycles. The van der Waals surface area contributed by atoms with E-state index in [1.165, 1.54) is 17.8 Å². The number of anilines is 1. The summed E-state index contributed by atoms with van der Waals surface area (Å²) in [5.41, 5.74) is 2.09. The summed E-state index contributed by atoms with van der Waals surface area (Å²) in [4.78, 5) is 12.3. The summed E-state index contributed by atoms with van der Waals surface area (Å²) in [7, 11) is 0. The van der Waals surface area contributed by atoms with Gasteiger partial charge in [0.1, 0.15) is 17.3 Å². The minimum atomic E-state index is -4.42. The summed E-state index contributed by atoms with van der Waals surface area (Å²) in [6, 6.07) is 6.25. The number of hydrogen-bond acceptors (Lipinski definition) is 5. The molecule has 0 aromatic carbocycles. The van der Waals surface area contributed by atoms with Gasteiger partial charge in [-0.15, -0.1) is 0 Å². The van der Waals surface area contributed by atoms with Crippen LogP contribution < -0.4 is 10.6 Å². The van der Waals surface area contributed by atoms with Crippen LogP contribution in [-0.4, -0.2) is 15.8 Å². The van der Waals surface area contributed by atoms with Crippen LogP contribution in [0.3, 0.4) is 0 Å². The Labute approximate surface area is 160 Å². The molecule has 0 saturated carbocycles. The maximum absolute atomic E-state index is 12.5. The lowest BCUT2D eigenvalue weighted by Crippen LogP contribution is -2.28. The molecule has 1 atom stereocenters. The molecule has 0 bridgehead atoms. The summed E-state index contributed by atoms with van der Waals surface area (Å²) >= 11 is 0. The van der Waals surface area contributed by atoms with Gasteiger partial charge in [-0.3, -0.25) is 4.98 Å². The summed E-state index contributed by atoms with van der Waals surface area (Å²) < 4.78 is 37.6. The summed E-state index contributed by atoms with van der Waals surface area (Å²) in [5.74, 6) is 1.96. The number of amidine groups is 1. The fourth-order valence-electron chi connectivity index (χ4n) is 3.18. The monoisotopic (exact) mass is 385 g/mol. The topological polar surface area (TPSA) is 62.2 Å². The van der Waals surface area contributed by atoms with Gasteiger partial charge in [0.2, 0.25) is 0 Å². The van der Waals surface area contributed by atoms with E-state index in [2.05, 4.69) is 31.7 Å². The number of aromatic nitrogens is 2. The number of rotatable bonds is 5. The lowest BCUT2D eigenvalue weighted by molar-refractivity contribution is -0.141. The van der Waals surface area contributed by atoms with Crippen molar-refractivity contribution >= 4 is 11.7 Å². The van der Waals surface area contributed by atoms with Gasteiger partial charge in [-0.1, -0.05) is 18.2 Å². The van der Waals surface area contributed by atoms with Gasteiger partial charge in [-0.2, -0.15) is 13.2 Å². The molecule has 2 aromatic rings. The average Bonchev–Trinajstić information content (AvgIpc) is 3.10. The Balaban J connectivity index is 1.32. The third-order valence-electron chi connectivity index (χ3n) is 4.69. The highest BCUT2D eigenvalue weighted by atomic mass is 19.4. The Morgan fingerprint density at radius 2 is 1.89 bits per heavy atom. The first-order valence-corrected chi connectivity index (χ1v) is 8.88. The molecule has 2 aromatic heterocycles. The summed E-state index contributed by atoms with van der Waals surface area (Å²) in [6.45, 7) is 0.347. The Kier molecular flexibility index (Phi) is 4.85. The third-order valence-corrected chi connectivity index (χ3v) is 4.69. The van der Waals surface area contributed by atoms with Crippen molar-refractivity contribution in [1.82, 2.24) is 15.3 Å². The van der Waals surface area contributed by atoms with Crippen molar-refractivity contribution in [3.63, 3.8) is 0 Å². The number of allylic oxidation sites excluding steroid dienone is 1. The van der Waals surface area contributed by atoms with Crippen LogP contribution in [0.1, 0.15) is 23.2 Å². The van der Waals surface area contributed by atoms with Crippen molar-refractivity contribution in [2.45, 2.75) is 25.6 Å². The standard InChI is InChI=1S/C20H18F3N5/c21-20(22,23)17-5-3-14(10-25-17)11-27-18-6-4-13(9-26-18)8-15-12-28-19-16(15)2-1-7-24-19/h1,3-7,9-10,12,16H,2,8,11H2,(H,24,28)(H,26,27). The lowest BCUT2D eigenvalue weighted by atomic mass is 9.91. The van der Waals surface area contributed by atoms with E-state index in [1.807, 2.05) is 24.5 Å². The minimum Gasteiger partial charge on any atom is -0.366 e. The van der Waals surface area contributed by atoms with Gasteiger partial charge >= 0.3 is 6.18 Å². The summed E-state index contributed by atoms with van der Waals surface area (Å²) in [6.07, 6.45) is 6.27. The Morgan fingerprint density at radius 3 is 2.61 bits per heavy atom. The molecule has 0 aliphatic carbocycles. The molecule has 144 valence electrons. The van der Waals surface area contributed by atoms with Gasteiger partial charge in [-0.05, 0) is 47.9 Å². The van der Waals surface area contributed by atoms with E-state index in [9.17, 15) is 13.2 Å². The minimum absolute atomic E-state index is 0.315. The molecule has 28 heavy (non-hydrogen) atoms. The van der Waals surface area contributed by atoms with Gasteiger partial charge < -0.3 is 10.6 Å². The van der Waals surface area contributed by atoms with Crippen molar-refractivity contribution in [3.05, 3.63) is 77.5 Å². The summed E-state index contributed by atoms with van der Waals surface area (Å²) in [5, 5.41) is 6.27. The zero-order valence-corrected chi connectivity index (χ0v) is 14.9. The predicted molar refractivity (Wildman–Crippen MR) is 100 cm³/mol. The molecule has 2 aliphatic heterocycles. The normalized spacial score (nSPS) is 18.2. The van der Waals surface area contributed by atoms with Crippen LogP contribution >= 0.6 is 0 Å².